The van der Waals surface area contributed by atoms with Crippen LogP contribution >= 0.6 is 0 Å². The number of benzene rings is 2. The van der Waals surface area contributed by atoms with Crippen molar-refractivity contribution in [3.8, 4) is 0 Å². The normalized spacial score (nSPS) is 9.19. The minimum absolute atomic E-state index is 0.318. The van der Waals surface area contributed by atoms with E-state index in [4.69, 9.17) is 5.11 Å². The van der Waals surface area contributed by atoms with E-state index in [1.54, 1.807) is 81.4 Å². The third-order valence-electron chi connectivity index (χ3n) is 3.28. The van der Waals surface area contributed by atoms with E-state index in [1.807, 2.05) is 0 Å². The molecule has 26 heavy (non-hydrogen) atoms. The zero-order valence-electron chi connectivity index (χ0n) is 14.8. The lowest BCUT2D eigenvalue weighted by Crippen LogP contribution is -2.11. The molecule has 0 spiro atoms. The van der Waals surface area contributed by atoms with Gasteiger partial charge in [-0.15, -0.1) is 0 Å². The molecule has 0 aliphatic heterocycles. The summed E-state index contributed by atoms with van der Waals surface area (Å²) in [4.78, 5) is 42.0. The third-order valence-corrected chi connectivity index (χ3v) is 3.28. The second kappa shape index (κ2) is 10.5. The Bertz CT molecular complexity index is 723. The van der Waals surface area contributed by atoms with Gasteiger partial charge in [-0.3, -0.25) is 0 Å². The SMILES string of the molecule is CC(C)=C(C)C(=O)O.O=C(OOC(=O)c1ccccc1)c1ccccc1. The Morgan fingerprint density at radius 2 is 1.04 bits per heavy atom. The van der Waals surface area contributed by atoms with E-state index in [0.29, 0.717) is 16.7 Å². The first kappa shape index (κ1) is 20.6. The summed E-state index contributed by atoms with van der Waals surface area (Å²) in [7, 11) is 0. The summed E-state index contributed by atoms with van der Waals surface area (Å²) in [6.45, 7) is 5.16. The Morgan fingerprint density at radius 1 is 0.692 bits per heavy atom. The number of carbonyl (C=O) groups is 3. The highest BCUT2D eigenvalue weighted by atomic mass is 17.2. The van der Waals surface area contributed by atoms with Crippen LogP contribution in [0.5, 0.6) is 0 Å². The van der Waals surface area contributed by atoms with Crippen LogP contribution in [0.1, 0.15) is 41.5 Å². The molecule has 136 valence electrons. The Hall–Kier alpha value is -3.41. The zero-order chi connectivity index (χ0) is 19.5. The van der Waals surface area contributed by atoms with E-state index in [9.17, 15) is 14.4 Å². The zero-order valence-corrected chi connectivity index (χ0v) is 14.8. The van der Waals surface area contributed by atoms with Crippen molar-refractivity contribution in [2.24, 2.45) is 0 Å². The van der Waals surface area contributed by atoms with Crippen molar-refractivity contribution < 1.29 is 29.3 Å². The Morgan fingerprint density at radius 3 is 1.27 bits per heavy atom. The van der Waals surface area contributed by atoms with Crippen LogP contribution in [0.2, 0.25) is 0 Å². The number of aliphatic carboxylic acids is 1. The van der Waals surface area contributed by atoms with Gasteiger partial charge in [-0.1, -0.05) is 42.0 Å². The molecule has 0 radical (unpaired) electrons. The van der Waals surface area contributed by atoms with Gasteiger partial charge in [0.15, 0.2) is 0 Å². The van der Waals surface area contributed by atoms with Crippen LogP contribution in [0.25, 0.3) is 0 Å². The molecule has 2 aromatic rings. The van der Waals surface area contributed by atoms with Crippen LogP contribution in [0.15, 0.2) is 71.8 Å². The third kappa shape index (κ3) is 7.00. The highest BCUT2D eigenvalue weighted by Crippen LogP contribution is 2.05. The number of rotatable bonds is 3. The topological polar surface area (TPSA) is 89.9 Å². The van der Waals surface area contributed by atoms with E-state index in [1.165, 1.54) is 0 Å². The predicted molar refractivity (Wildman–Crippen MR) is 95.4 cm³/mol. The van der Waals surface area contributed by atoms with Crippen LogP contribution in [0.3, 0.4) is 0 Å². The first-order valence-corrected chi connectivity index (χ1v) is 7.73. The number of hydrogen-bond acceptors (Lipinski definition) is 5. The van der Waals surface area contributed by atoms with Gasteiger partial charge in [0.1, 0.15) is 0 Å². The van der Waals surface area contributed by atoms with E-state index >= 15 is 0 Å². The first-order chi connectivity index (χ1) is 12.3. The average molecular weight is 356 g/mol. The lowest BCUT2D eigenvalue weighted by molar-refractivity contribution is -0.187. The van der Waals surface area contributed by atoms with Crippen molar-refractivity contribution in [3.63, 3.8) is 0 Å². The molecular weight excluding hydrogens is 336 g/mol. The largest absolute Gasteiger partial charge is 0.478 e. The van der Waals surface area contributed by atoms with Gasteiger partial charge in [-0.05, 0) is 45.0 Å². The Kier molecular flexibility index (Phi) is 8.30. The molecule has 2 rings (SSSR count). The second-order valence-corrected chi connectivity index (χ2v) is 5.40. The molecule has 0 amide bonds. The van der Waals surface area contributed by atoms with Gasteiger partial charge in [0, 0.05) is 5.57 Å². The molecule has 6 nitrogen and oxygen atoms in total. The number of carboxylic acid groups (broad SMARTS) is 1. The molecule has 0 fully saturated rings. The quantitative estimate of drug-likeness (QED) is 0.507. The van der Waals surface area contributed by atoms with Crippen molar-refractivity contribution in [2.75, 3.05) is 0 Å². The van der Waals surface area contributed by atoms with Crippen molar-refractivity contribution in [1.29, 1.82) is 0 Å². The van der Waals surface area contributed by atoms with Gasteiger partial charge in [0.2, 0.25) is 0 Å². The molecular formula is C20H20O6. The average Bonchev–Trinajstić information content (AvgIpc) is 2.66. The van der Waals surface area contributed by atoms with Crippen LogP contribution in [0, 0.1) is 0 Å². The Labute approximate surface area is 151 Å². The highest BCUT2D eigenvalue weighted by molar-refractivity contribution is 5.92. The molecule has 0 saturated carbocycles. The maximum Gasteiger partial charge on any atom is 0.386 e. The summed E-state index contributed by atoms with van der Waals surface area (Å²) in [5.74, 6) is -2.25. The summed E-state index contributed by atoms with van der Waals surface area (Å²) in [6.07, 6.45) is 0. The monoisotopic (exact) mass is 356 g/mol. The molecule has 0 aliphatic rings. The number of carboxylic acids is 1. The van der Waals surface area contributed by atoms with Crippen molar-refractivity contribution in [3.05, 3.63) is 82.9 Å². The Balaban J connectivity index is 0.000000359. The maximum atomic E-state index is 11.5. The molecule has 1 N–H and O–H groups in total. The maximum absolute atomic E-state index is 11.5. The fourth-order valence-corrected chi connectivity index (χ4v) is 1.53. The van der Waals surface area contributed by atoms with Crippen molar-refractivity contribution in [2.45, 2.75) is 20.8 Å². The fourth-order valence-electron chi connectivity index (χ4n) is 1.53. The number of carbonyl (C=O) groups excluding carboxylic acids is 2. The van der Waals surface area contributed by atoms with Crippen LogP contribution < -0.4 is 0 Å². The van der Waals surface area contributed by atoms with Gasteiger partial charge in [-0.25, -0.2) is 24.2 Å². The summed E-state index contributed by atoms with van der Waals surface area (Å²) in [6, 6.07) is 16.6. The van der Waals surface area contributed by atoms with E-state index in [0.717, 1.165) is 5.57 Å². The van der Waals surface area contributed by atoms with Crippen LogP contribution in [-0.2, 0) is 14.6 Å². The lowest BCUT2D eigenvalue weighted by Gasteiger charge is -2.02. The van der Waals surface area contributed by atoms with Gasteiger partial charge in [0.25, 0.3) is 0 Å². The van der Waals surface area contributed by atoms with Crippen LogP contribution in [-0.4, -0.2) is 23.0 Å². The molecule has 0 aliphatic carbocycles. The fraction of sp³-hybridized carbons (Fsp3) is 0.150. The minimum Gasteiger partial charge on any atom is -0.478 e. The number of hydrogen-bond donors (Lipinski definition) is 1. The van der Waals surface area contributed by atoms with E-state index in [2.05, 4.69) is 9.78 Å². The minimum atomic E-state index is -0.829. The lowest BCUT2D eigenvalue weighted by atomic mass is 10.2. The van der Waals surface area contributed by atoms with Crippen molar-refractivity contribution >= 4 is 17.9 Å². The molecule has 0 saturated heterocycles. The van der Waals surface area contributed by atoms with Gasteiger partial charge in [-0.2, -0.15) is 0 Å². The summed E-state index contributed by atoms with van der Waals surface area (Å²) in [5, 5.41) is 8.29. The summed E-state index contributed by atoms with van der Waals surface area (Å²) < 4.78 is 0. The first-order valence-electron chi connectivity index (χ1n) is 7.73. The smallest absolute Gasteiger partial charge is 0.386 e. The highest BCUT2D eigenvalue weighted by Gasteiger charge is 2.13. The van der Waals surface area contributed by atoms with Gasteiger partial charge in [0.05, 0.1) is 11.1 Å². The molecule has 0 heterocycles. The summed E-state index contributed by atoms with van der Waals surface area (Å²) >= 11 is 0. The van der Waals surface area contributed by atoms with Crippen molar-refractivity contribution in [1.82, 2.24) is 0 Å². The predicted octanol–water partition coefficient (Wildman–Crippen LogP) is 4.04. The molecule has 0 unspecified atom stereocenters. The van der Waals surface area contributed by atoms with Crippen LogP contribution in [0.4, 0.5) is 0 Å². The number of allylic oxidation sites excluding steroid dienone is 1. The van der Waals surface area contributed by atoms with E-state index < -0.39 is 17.9 Å². The standard InChI is InChI=1S/C14H10O4.C6H10O2/c15-13(11-7-3-1-4-8-11)17-18-14(16)12-9-5-2-6-10-12;1-4(2)5(3)6(7)8/h1-10H;1-3H3,(H,7,8). The molecule has 2 aromatic carbocycles. The second-order valence-electron chi connectivity index (χ2n) is 5.40. The van der Waals surface area contributed by atoms with Gasteiger partial charge >= 0.3 is 17.9 Å². The molecule has 0 atom stereocenters. The van der Waals surface area contributed by atoms with E-state index in [-0.39, 0.29) is 0 Å². The molecule has 6 heteroatoms. The molecule has 0 bridgehead atoms. The summed E-state index contributed by atoms with van der Waals surface area (Å²) in [5.41, 5.74) is 1.93. The molecule has 0 aromatic heterocycles. The van der Waals surface area contributed by atoms with Gasteiger partial charge < -0.3 is 5.11 Å².